The quantitative estimate of drug-likeness (QED) is 0.580. The summed E-state index contributed by atoms with van der Waals surface area (Å²) >= 11 is 0. The monoisotopic (exact) mass is 360 g/mol. The molecule has 0 aliphatic carbocycles. The molecule has 0 radical (unpaired) electrons. The third-order valence-electron chi connectivity index (χ3n) is 3.30. The first kappa shape index (κ1) is 18.3. The van der Waals surface area contributed by atoms with Crippen molar-refractivity contribution in [1.82, 2.24) is 0 Å². The van der Waals surface area contributed by atoms with E-state index in [1.54, 1.807) is 30.3 Å². The minimum atomic E-state index is -4.11. The summed E-state index contributed by atoms with van der Waals surface area (Å²) < 4.78 is 39.2. The lowest BCUT2D eigenvalue weighted by atomic mass is 10.1. The highest BCUT2D eigenvalue weighted by atomic mass is 32.2. The maximum Gasteiger partial charge on any atom is 0.358 e. The first-order chi connectivity index (χ1) is 11.9. The van der Waals surface area contributed by atoms with Crippen LogP contribution in [0, 0.1) is 18.3 Å². The van der Waals surface area contributed by atoms with Gasteiger partial charge in [-0.25, -0.2) is 0 Å². The second-order valence-electron chi connectivity index (χ2n) is 4.96. The van der Waals surface area contributed by atoms with Gasteiger partial charge >= 0.3 is 10.1 Å². The van der Waals surface area contributed by atoms with Crippen LogP contribution in [0.15, 0.2) is 52.5 Å². The minimum Gasteiger partial charge on any atom is -0.493 e. The van der Waals surface area contributed by atoms with Crippen molar-refractivity contribution in [2.24, 2.45) is 5.16 Å². The molecule has 0 amide bonds. The van der Waals surface area contributed by atoms with Gasteiger partial charge in [-0.05, 0) is 37.3 Å². The molecule has 0 aromatic heterocycles. The molecule has 25 heavy (non-hydrogen) atoms. The number of ether oxygens (including phenoxy) is 2. The molecule has 2 aromatic rings. The molecular formula is C17H16N2O5S. The molecule has 130 valence electrons. The van der Waals surface area contributed by atoms with Crippen LogP contribution in [0.4, 0.5) is 0 Å². The predicted octanol–water partition coefficient (Wildman–Crippen LogP) is 2.65. The lowest BCUT2D eigenvalue weighted by Crippen LogP contribution is -2.06. The Kier molecular flexibility index (Phi) is 5.62. The van der Waals surface area contributed by atoms with Gasteiger partial charge in [-0.2, -0.15) is 13.7 Å². The van der Waals surface area contributed by atoms with Crippen molar-refractivity contribution in [1.29, 1.82) is 5.26 Å². The molecule has 0 N–H and O–H groups in total. The second-order valence-corrected chi connectivity index (χ2v) is 6.49. The highest BCUT2D eigenvalue weighted by molar-refractivity contribution is 7.86. The summed E-state index contributed by atoms with van der Waals surface area (Å²) in [5.74, 6) is 0.848. The fourth-order valence-corrected chi connectivity index (χ4v) is 2.68. The number of nitriles is 1. The average Bonchev–Trinajstić information content (AvgIpc) is 2.62. The Morgan fingerprint density at radius 3 is 2.24 bits per heavy atom. The number of oxime groups is 1. The van der Waals surface area contributed by atoms with Gasteiger partial charge in [-0.3, -0.25) is 4.28 Å². The lowest BCUT2D eigenvalue weighted by molar-refractivity contribution is 0.339. The van der Waals surface area contributed by atoms with Gasteiger partial charge in [-0.15, -0.1) is 0 Å². The van der Waals surface area contributed by atoms with Crippen molar-refractivity contribution in [2.75, 3.05) is 14.2 Å². The van der Waals surface area contributed by atoms with E-state index in [-0.39, 0.29) is 10.6 Å². The van der Waals surface area contributed by atoms with Crippen LogP contribution in [0.3, 0.4) is 0 Å². The molecule has 0 aliphatic heterocycles. The van der Waals surface area contributed by atoms with Crippen LogP contribution in [0.25, 0.3) is 0 Å². The molecule has 8 heteroatoms. The van der Waals surface area contributed by atoms with E-state index in [9.17, 15) is 13.7 Å². The standard InChI is InChI=1S/C17H16N2O5S/c1-12-4-7-14(8-5-12)25(20,21)24-19-15(11-18)13-6-9-16(22-2)17(10-13)23-3/h4-10H,1-3H3/b19-15+. The fraction of sp³-hybridized carbons (Fsp3) is 0.176. The maximum absolute atomic E-state index is 12.1. The topological polar surface area (TPSA) is 98.0 Å². The summed E-state index contributed by atoms with van der Waals surface area (Å²) in [6, 6.07) is 12.5. The zero-order valence-corrected chi connectivity index (χ0v) is 14.7. The third kappa shape index (κ3) is 4.28. The van der Waals surface area contributed by atoms with Crippen molar-refractivity contribution < 1.29 is 22.2 Å². The van der Waals surface area contributed by atoms with Gasteiger partial charge in [0.05, 0.1) is 14.2 Å². The van der Waals surface area contributed by atoms with E-state index in [0.29, 0.717) is 17.1 Å². The largest absolute Gasteiger partial charge is 0.493 e. The number of hydrogen-bond donors (Lipinski definition) is 0. The number of nitrogens with zero attached hydrogens (tertiary/aromatic N) is 2. The molecule has 0 aliphatic rings. The van der Waals surface area contributed by atoms with Crippen LogP contribution in [-0.4, -0.2) is 28.3 Å². The summed E-state index contributed by atoms with van der Waals surface area (Å²) in [5.41, 5.74) is 1.03. The van der Waals surface area contributed by atoms with Crippen LogP contribution in [-0.2, 0) is 14.4 Å². The van der Waals surface area contributed by atoms with Gasteiger partial charge in [0.1, 0.15) is 11.0 Å². The number of aryl methyl sites for hydroxylation is 1. The fourth-order valence-electron chi connectivity index (χ4n) is 1.96. The number of benzene rings is 2. The summed E-state index contributed by atoms with van der Waals surface area (Å²) in [6.07, 6.45) is 0. The summed E-state index contributed by atoms with van der Waals surface area (Å²) in [5, 5.41) is 12.7. The van der Waals surface area contributed by atoms with Crippen molar-refractivity contribution in [3.63, 3.8) is 0 Å². The summed E-state index contributed by atoms with van der Waals surface area (Å²) in [6.45, 7) is 1.83. The lowest BCUT2D eigenvalue weighted by Gasteiger charge is -2.08. The van der Waals surface area contributed by atoms with Crippen molar-refractivity contribution >= 4 is 15.8 Å². The third-order valence-corrected chi connectivity index (χ3v) is 4.42. The summed E-state index contributed by atoms with van der Waals surface area (Å²) in [7, 11) is -1.19. The van der Waals surface area contributed by atoms with E-state index in [2.05, 4.69) is 9.44 Å². The Balaban J connectivity index is 2.32. The molecule has 7 nitrogen and oxygen atoms in total. The molecule has 0 atom stereocenters. The Labute approximate surface area is 146 Å². The molecule has 0 saturated heterocycles. The highest BCUT2D eigenvalue weighted by Gasteiger charge is 2.17. The molecule has 2 aromatic carbocycles. The molecule has 2 rings (SSSR count). The van der Waals surface area contributed by atoms with E-state index in [4.69, 9.17) is 9.47 Å². The van der Waals surface area contributed by atoms with E-state index in [1.165, 1.54) is 32.4 Å². The molecule has 0 heterocycles. The molecule has 0 unspecified atom stereocenters. The zero-order valence-electron chi connectivity index (χ0n) is 13.9. The van der Waals surface area contributed by atoms with Crippen LogP contribution in [0.5, 0.6) is 11.5 Å². The van der Waals surface area contributed by atoms with Gasteiger partial charge in [-0.1, -0.05) is 22.9 Å². The van der Waals surface area contributed by atoms with E-state index < -0.39 is 10.1 Å². The Hall–Kier alpha value is -3.05. The maximum atomic E-state index is 12.1. The molecule has 0 bridgehead atoms. The molecular weight excluding hydrogens is 344 g/mol. The van der Waals surface area contributed by atoms with Crippen LogP contribution in [0.2, 0.25) is 0 Å². The van der Waals surface area contributed by atoms with Crippen LogP contribution < -0.4 is 9.47 Å². The van der Waals surface area contributed by atoms with Gasteiger partial charge in [0.2, 0.25) is 0 Å². The molecule has 0 fully saturated rings. The normalized spacial score (nSPS) is 11.5. The number of methoxy groups -OCH3 is 2. The van der Waals surface area contributed by atoms with Crippen LogP contribution in [0.1, 0.15) is 11.1 Å². The highest BCUT2D eigenvalue weighted by Crippen LogP contribution is 2.28. The van der Waals surface area contributed by atoms with Gasteiger partial charge in [0.15, 0.2) is 17.2 Å². The second kappa shape index (κ2) is 7.68. The van der Waals surface area contributed by atoms with E-state index >= 15 is 0 Å². The first-order valence-corrected chi connectivity index (χ1v) is 8.53. The van der Waals surface area contributed by atoms with Crippen LogP contribution >= 0.6 is 0 Å². The van der Waals surface area contributed by atoms with E-state index in [1.807, 2.05) is 6.92 Å². The zero-order chi connectivity index (χ0) is 18.4. The van der Waals surface area contributed by atoms with Crippen molar-refractivity contribution in [3.05, 3.63) is 53.6 Å². The van der Waals surface area contributed by atoms with Gasteiger partial charge < -0.3 is 9.47 Å². The average molecular weight is 360 g/mol. The SMILES string of the molecule is COc1ccc(/C(C#N)=N/OS(=O)(=O)c2ccc(C)cc2)cc1OC. The van der Waals surface area contributed by atoms with Crippen molar-refractivity contribution in [3.8, 4) is 17.6 Å². The van der Waals surface area contributed by atoms with Crippen molar-refractivity contribution in [2.45, 2.75) is 11.8 Å². The Bertz CT molecular complexity index is 929. The Morgan fingerprint density at radius 1 is 1.04 bits per heavy atom. The number of rotatable bonds is 6. The number of hydrogen-bond acceptors (Lipinski definition) is 7. The van der Waals surface area contributed by atoms with Gasteiger partial charge in [0.25, 0.3) is 0 Å². The summed E-state index contributed by atoms with van der Waals surface area (Å²) in [4.78, 5) is -0.0496. The predicted molar refractivity (Wildman–Crippen MR) is 91.1 cm³/mol. The smallest absolute Gasteiger partial charge is 0.358 e. The first-order valence-electron chi connectivity index (χ1n) is 7.12. The van der Waals surface area contributed by atoms with Gasteiger partial charge in [0, 0.05) is 5.56 Å². The molecule has 0 saturated carbocycles. The van der Waals surface area contributed by atoms with E-state index in [0.717, 1.165) is 5.56 Å². The molecule has 0 spiro atoms. The minimum absolute atomic E-state index is 0.0496. The Morgan fingerprint density at radius 2 is 1.68 bits per heavy atom.